The van der Waals surface area contributed by atoms with Crippen LogP contribution in [0, 0.1) is 6.92 Å². The van der Waals surface area contributed by atoms with Gasteiger partial charge in [-0.25, -0.2) is 4.98 Å². The van der Waals surface area contributed by atoms with Crippen molar-refractivity contribution < 1.29 is 14.6 Å². The summed E-state index contributed by atoms with van der Waals surface area (Å²) in [6.07, 6.45) is 4.69. The molecule has 0 aliphatic carbocycles. The van der Waals surface area contributed by atoms with Crippen molar-refractivity contribution in [3.8, 4) is 17.3 Å². The third kappa shape index (κ3) is 6.57. The lowest BCUT2D eigenvalue weighted by molar-refractivity contribution is 0.0282. The highest BCUT2D eigenvalue weighted by Crippen LogP contribution is 2.22. The van der Waals surface area contributed by atoms with Gasteiger partial charge in [0.15, 0.2) is 0 Å². The van der Waals surface area contributed by atoms with Gasteiger partial charge in [0, 0.05) is 23.1 Å². The Balaban J connectivity index is 1.66. The molecular weight excluding hydrogens is 416 g/mol. The molecule has 0 aliphatic rings. The molecule has 0 unspecified atom stereocenters. The molecule has 6 nitrogen and oxygen atoms in total. The number of ether oxygens (including phenoxy) is 2. The van der Waals surface area contributed by atoms with Crippen molar-refractivity contribution in [2.75, 3.05) is 13.2 Å². The van der Waals surface area contributed by atoms with Crippen molar-refractivity contribution in [2.24, 2.45) is 0 Å². The highest BCUT2D eigenvalue weighted by atomic mass is 35.5. The Kier molecular flexibility index (Phi) is 7.36. The summed E-state index contributed by atoms with van der Waals surface area (Å²) in [4.78, 5) is 16.9. The number of rotatable bonds is 9. The van der Waals surface area contributed by atoms with Gasteiger partial charge in [-0.3, -0.25) is 9.36 Å². The van der Waals surface area contributed by atoms with E-state index in [9.17, 15) is 9.90 Å². The van der Waals surface area contributed by atoms with Crippen molar-refractivity contribution in [1.82, 2.24) is 9.55 Å². The Morgan fingerprint density at radius 2 is 1.97 bits per heavy atom. The molecule has 0 bridgehead atoms. The van der Waals surface area contributed by atoms with Gasteiger partial charge in [0.05, 0.1) is 12.2 Å². The molecule has 1 heterocycles. The fourth-order valence-electron chi connectivity index (χ4n) is 3.03. The van der Waals surface area contributed by atoms with E-state index in [0.717, 1.165) is 24.0 Å². The molecule has 31 heavy (non-hydrogen) atoms. The van der Waals surface area contributed by atoms with Gasteiger partial charge in [0.2, 0.25) is 0 Å². The summed E-state index contributed by atoms with van der Waals surface area (Å²) in [5, 5.41) is 10.5. The number of aromatic nitrogens is 2. The third-order valence-electron chi connectivity index (χ3n) is 4.56. The Morgan fingerprint density at radius 3 is 2.68 bits per heavy atom. The first-order valence-corrected chi connectivity index (χ1v) is 10.5. The van der Waals surface area contributed by atoms with Crippen molar-refractivity contribution >= 4 is 11.6 Å². The van der Waals surface area contributed by atoms with Crippen molar-refractivity contribution in [2.45, 2.75) is 39.2 Å². The zero-order valence-electron chi connectivity index (χ0n) is 18.0. The van der Waals surface area contributed by atoms with E-state index in [1.807, 2.05) is 37.3 Å². The monoisotopic (exact) mass is 442 g/mol. The van der Waals surface area contributed by atoms with Crippen LogP contribution in [0.25, 0.3) is 5.69 Å². The van der Waals surface area contributed by atoms with Gasteiger partial charge >= 0.3 is 5.56 Å². The summed E-state index contributed by atoms with van der Waals surface area (Å²) in [5.41, 5.74) is 1.41. The summed E-state index contributed by atoms with van der Waals surface area (Å²) < 4.78 is 12.8. The fourth-order valence-corrected chi connectivity index (χ4v) is 3.25. The maximum absolute atomic E-state index is 12.8. The van der Waals surface area contributed by atoms with Crippen LogP contribution >= 0.6 is 11.6 Å². The van der Waals surface area contributed by atoms with Crippen LogP contribution in [-0.4, -0.2) is 33.5 Å². The quantitative estimate of drug-likeness (QED) is 0.498. The molecule has 3 aromatic rings. The van der Waals surface area contributed by atoms with E-state index in [0.29, 0.717) is 23.1 Å². The number of nitrogens with zero attached hydrogens (tertiary/aromatic N) is 2. The highest BCUT2D eigenvalue weighted by Gasteiger charge is 2.15. The molecule has 1 N–H and O–H groups in total. The maximum atomic E-state index is 12.8. The van der Waals surface area contributed by atoms with Crippen LogP contribution in [0.4, 0.5) is 0 Å². The predicted octanol–water partition coefficient (Wildman–Crippen LogP) is 4.36. The lowest BCUT2D eigenvalue weighted by Crippen LogP contribution is -2.28. The minimum atomic E-state index is -0.924. The smallest absolute Gasteiger partial charge is 0.317 e. The topological polar surface area (TPSA) is 73.6 Å². The van der Waals surface area contributed by atoms with E-state index in [4.69, 9.17) is 21.1 Å². The summed E-state index contributed by atoms with van der Waals surface area (Å²) in [5.74, 6) is 0.721. The summed E-state index contributed by atoms with van der Waals surface area (Å²) in [6, 6.07) is 13.1. The Morgan fingerprint density at radius 1 is 1.16 bits per heavy atom. The number of aryl methyl sites for hydroxylation is 2. The van der Waals surface area contributed by atoms with E-state index in [-0.39, 0.29) is 18.0 Å². The predicted molar refractivity (Wildman–Crippen MR) is 122 cm³/mol. The van der Waals surface area contributed by atoms with Crippen LogP contribution in [-0.2, 0) is 6.42 Å². The number of hydrogen-bond donors (Lipinski definition) is 1. The second-order valence-corrected chi connectivity index (χ2v) is 8.48. The molecule has 0 saturated carbocycles. The number of halogens is 1. The van der Waals surface area contributed by atoms with Gasteiger partial charge < -0.3 is 14.6 Å². The van der Waals surface area contributed by atoms with Gasteiger partial charge in [0.1, 0.15) is 12.4 Å². The largest absolute Gasteiger partial charge is 0.490 e. The Bertz CT molecular complexity index is 1090. The molecular formula is C24H27ClN2O4. The molecule has 0 amide bonds. The average molecular weight is 443 g/mol. The Hall–Kier alpha value is -2.83. The second-order valence-electron chi connectivity index (χ2n) is 8.04. The molecule has 3 rings (SSSR count). The molecule has 7 heteroatoms. The normalized spacial score (nSPS) is 11.4. The Labute approximate surface area is 187 Å². The van der Waals surface area contributed by atoms with E-state index in [1.54, 1.807) is 38.4 Å². The van der Waals surface area contributed by atoms with Gasteiger partial charge in [-0.1, -0.05) is 23.7 Å². The molecule has 0 aliphatic heterocycles. The number of aliphatic hydroxyl groups is 1. The van der Waals surface area contributed by atoms with E-state index in [2.05, 4.69) is 4.98 Å². The van der Waals surface area contributed by atoms with Crippen molar-refractivity contribution in [1.29, 1.82) is 0 Å². The summed E-state index contributed by atoms with van der Waals surface area (Å²) >= 11 is 6.00. The molecule has 0 saturated heterocycles. The summed E-state index contributed by atoms with van der Waals surface area (Å²) in [6.45, 7) is 5.81. The van der Waals surface area contributed by atoms with Gasteiger partial charge in [-0.05, 0) is 75.1 Å². The van der Waals surface area contributed by atoms with Gasteiger partial charge in [-0.15, -0.1) is 0 Å². The lowest BCUT2D eigenvalue weighted by atomic mass is 10.1. The first kappa shape index (κ1) is 22.8. The zero-order chi connectivity index (χ0) is 22.4. The fraction of sp³-hybridized carbons (Fsp3) is 0.333. The minimum absolute atomic E-state index is 0.0635. The zero-order valence-corrected chi connectivity index (χ0v) is 18.7. The minimum Gasteiger partial charge on any atom is -0.490 e. The SMILES string of the molecule is Cc1cc(-n2ccnc(OCCCc3cccc(Cl)c3)c2=O)ccc1OCC(C)(C)O. The van der Waals surface area contributed by atoms with Crippen molar-refractivity contribution in [3.63, 3.8) is 0 Å². The average Bonchev–Trinajstić information content (AvgIpc) is 2.71. The first-order valence-electron chi connectivity index (χ1n) is 10.1. The van der Waals surface area contributed by atoms with Crippen LogP contribution < -0.4 is 15.0 Å². The van der Waals surface area contributed by atoms with E-state index >= 15 is 0 Å². The molecule has 0 atom stereocenters. The molecule has 0 radical (unpaired) electrons. The first-order chi connectivity index (χ1) is 14.7. The van der Waals surface area contributed by atoms with E-state index < -0.39 is 5.60 Å². The lowest BCUT2D eigenvalue weighted by Gasteiger charge is -2.19. The van der Waals surface area contributed by atoms with Crippen LogP contribution in [0.15, 0.2) is 59.7 Å². The second kappa shape index (κ2) is 9.98. The standard InChI is InChI=1S/C24H27ClN2O4/c1-17-14-20(9-10-21(17)31-16-24(2,3)29)27-12-11-26-22(23(27)28)30-13-5-7-18-6-4-8-19(25)15-18/h4,6,8-12,14-15,29H,5,7,13,16H2,1-3H3. The molecule has 2 aromatic carbocycles. The maximum Gasteiger partial charge on any atom is 0.317 e. The number of hydrogen-bond acceptors (Lipinski definition) is 5. The molecule has 0 spiro atoms. The van der Waals surface area contributed by atoms with Crippen LogP contribution in [0.3, 0.4) is 0 Å². The third-order valence-corrected chi connectivity index (χ3v) is 4.80. The van der Waals surface area contributed by atoms with Crippen LogP contribution in [0.2, 0.25) is 5.02 Å². The van der Waals surface area contributed by atoms with Gasteiger partial charge in [0.25, 0.3) is 5.88 Å². The van der Waals surface area contributed by atoms with Crippen LogP contribution in [0.1, 0.15) is 31.4 Å². The van der Waals surface area contributed by atoms with Crippen LogP contribution in [0.5, 0.6) is 11.6 Å². The number of benzene rings is 2. The van der Waals surface area contributed by atoms with E-state index in [1.165, 1.54) is 4.57 Å². The molecule has 164 valence electrons. The highest BCUT2D eigenvalue weighted by molar-refractivity contribution is 6.30. The molecule has 0 fully saturated rings. The van der Waals surface area contributed by atoms with Crippen molar-refractivity contribution in [3.05, 3.63) is 81.4 Å². The van der Waals surface area contributed by atoms with Gasteiger partial charge in [-0.2, -0.15) is 0 Å². The molecule has 1 aromatic heterocycles. The summed E-state index contributed by atoms with van der Waals surface area (Å²) in [7, 11) is 0.